The average molecular weight is 468 g/mol. The van der Waals surface area contributed by atoms with Crippen LogP contribution in [0.1, 0.15) is 59.5 Å². The molecule has 2 unspecified atom stereocenters. The quantitative estimate of drug-likeness (QED) is 0.182. The molecule has 7 heteroatoms. The van der Waals surface area contributed by atoms with E-state index in [1.54, 1.807) is 18.2 Å². The Hall–Kier alpha value is -1.56. The van der Waals surface area contributed by atoms with E-state index in [2.05, 4.69) is 12.6 Å². The van der Waals surface area contributed by atoms with E-state index in [1.807, 2.05) is 6.07 Å². The number of hydrogen-bond acceptors (Lipinski definition) is 4. The maximum absolute atomic E-state index is 13.9. The molecule has 2 atom stereocenters. The molecule has 30 heavy (non-hydrogen) atoms. The smallest absolute Gasteiger partial charge is 0.338 e. The minimum absolute atomic E-state index is 0.0367. The minimum Gasteiger partial charge on any atom is -0.462 e. The van der Waals surface area contributed by atoms with Gasteiger partial charge in [0, 0.05) is 16.9 Å². The topological polar surface area (TPSA) is 50.1 Å². The van der Waals surface area contributed by atoms with Crippen LogP contribution in [0.4, 0.5) is 4.39 Å². The van der Waals surface area contributed by atoms with Gasteiger partial charge in [0.2, 0.25) is 0 Å². The standard InChI is InChI=1S/C23H24Cl2FNO2S/c24-18-11-8-14(13-19(18)25)23(28)29-12-3-1-2-7-21(30)22(27)17-10-9-16-15(17)5-4-6-20(16)26/h4-6,8,11,13,17,21,27,30H,1-3,7,9-10,12H2. The van der Waals surface area contributed by atoms with Crippen LogP contribution in [-0.4, -0.2) is 23.5 Å². The van der Waals surface area contributed by atoms with Gasteiger partial charge in [0.1, 0.15) is 5.82 Å². The van der Waals surface area contributed by atoms with Gasteiger partial charge >= 0.3 is 5.97 Å². The highest BCUT2D eigenvalue weighted by Gasteiger charge is 2.30. The number of fused-ring (bicyclic) bond motifs is 1. The number of carbonyl (C=O) groups is 1. The molecule has 160 valence electrons. The van der Waals surface area contributed by atoms with Crippen LogP contribution >= 0.6 is 35.8 Å². The zero-order valence-corrected chi connectivity index (χ0v) is 18.9. The number of unbranched alkanes of at least 4 members (excludes halogenated alkanes) is 2. The number of halogens is 3. The van der Waals surface area contributed by atoms with Crippen LogP contribution < -0.4 is 0 Å². The fourth-order valence-electron chi connectivity index (χ4n) is 3.81. The second-order valence-electron chi connectivity index (χ2n) is 7.48. The number of nitrogens with one attached hydrogen (secondary N) is 1. The highest BCUT2D eigenvalue weighted by Crippen LogP contribution is 2.37. The summed E-state index contributed by atoms with van der Waals surface area (Å²) in [6.07, 6.45) is 4.71. The van der Waals surface area contributed by atoms with Gasteiger partial charge < -0.3 is 10.1 Å². The second kappa shape index (κ2) is 10.7. The first kappa shape index (κ1) is 23.1. The van der Waals surface area contributed by atoms with Crippen molar-refractivity contribution >= 4 is 47.5 Å². The molecule has 2 aromatic rings. The number of thiol groups is 1. The number of esters is 1. The Kier molecular flexibility index (Phi) is 8.20. The summed E-state index contributed by atoms with van der Waals surface area (Å²) in [5.41, 5.74) is 2.63. The highest BCUT2D eigenvalue weighted by atomic mass is 35.5. The monoisotopic (exact) mass is 467 g/mol. The van der Waals surface area contributed by atoms with Crippen LogP contribution in [0.2, 0.25) is 10.0 Å². The van der Waals surface area contributed by atoms with Gasteiger partial charge in [0.15, 0.2) is 0 Å². The molecule has 1 N–H and O–H groups in total. The van der Waals surface area contributed by atoms with E-state index in [-0.39, 0.29) is 17.0 Å². The first-order valence-corrected chi connectivity index (χ1v) is 11.3. The van der Waals surface area contributed by atoms with Gasteiger partial charge in [-0.25, -0.2) is 9.18 Å². The van der Waals surface area contributed by atoms with E-state index in [0.29, 0.717) is 34.3 Å². The number of ether oxygens (including phenoxy) is 1. The predicted molar refractivity (Wildman–Crippen MR) is 123 cm³/mol. The molecule has 0 spiro atoms. The summed E-state index contributed by atoms with van der Waals surface area (Å²) in [5.74, 6) is -0.631. The Morgan fingerprint density at radius 2 is 2.00 bits per heavy atom. The number of benzene rings is 2. The Morgan fingerprint density at radius 1 is 1.20 bits per heavy atom. The third-order valence-electron chi connectivity index (χ3n) is 5.46. The fraction of sp³-hybridized carbons (Fsp3) is 0.391. The van der Waals surface area contributed by atoms with Crippen molar-refractivity contribution in [1.29, 1.82) is 5.41 Å². The Morgan fingerprint density at radius 3 is 2.77 bits per heavy atom. The number of carbonyl (C=O) groups excluding carboxylic acids is 1. The van der Waals surface area contributed by atoms with Crippen LogP contribution in [0.15, 0.2) is 36.4 Å². The van der Waals surface area contributed by atoms with Gasteiger partial charge in [-0.15, -0.1) is 0 Å². The maximum atomic E-state index is 13.9. The Labute approximate surface area is 191 Å². The van der Waals surface area contributed by atoms with Crippen molar-refractivity contribution in [1.82, 2.24) is 0 Å². The summed E-state index contributed by atoms with van der Waals surface area (Å²) >= 11 is 16.4. The molecular formula is C23H24Cl2FNO2S. The van der Waals surface area contributed by atoms with Crippen molar-refractivity contribution in [3.8, 4) is 0 Å². The van der Waals surface area contributed by atoms with Crippen LogP contribution in [0.3, 0.4) is 0 Å². The first-order chi connectivity index (χ1) is 14.4. The molecular weight excluding hydrogens is 444 g/mol. The molecule has 0 bridgehead atoms. The molecule has 0 aromatic heterocycles. The van der Waals surface area contributed by atoms with Crippen molar-refractivity contribution < 1.29 is 13.9 Å². The third kappa shape index (κ3) is 5.57. The lowest BCUT2D eigenvalue weighted by Crippen LogP contribution is -2.20. The average Bonchev–Trinajstić information content (AvgIpc) is 3.17. The molecule has 0 fully saturated rings. The number of hydrogen-bond donors (Lipinski definition) is 2. The maximum Gasteiger partial charge on any atom is 0.338 e. The van der Waals surface area contributed by atoms with E-state index in [1.165, 1.54) is 12.1 Å². The van der Waals surface area contributed by atoms with Gasteiger partial charge in [0.05, 0.1) is 22.2 Å². The van der Waals surface area contributed by atoms with Gasteiger partial charge in [-0.1, -0.05) is 48.2 Å². The van der Waals surface area contributed by atoms with E-state index in [0.717, 1.165) is 43.2 Å². The molecule has 0 saturated carbocycles. The zero-order valence-electron chi connectivity index (χ0n) is 16.5. The summed E-state index contributed by atoms with van der Waals surface area (Å²) in [4.78, 5) is 12.0. The SMILES string of the molecule is N=C(C(S)CCCCCOC(=O)c1ccc(Cl)c(Cl)c1)C1CCc2c(F)cccc21. The van der Waals surface area contributed by atoms with Crippen LogP contribution in [0.5, 0.6) is 0 Å². The minimum atomic E-state index is -0.422. The predicted octanol–water partition coefficient (Wildman–Crippen LogP) is 6.90. The van der Waals surface area contributed by atoms with Gasteiger partial charge in [0.25, 0.3) is 0 Å². The van der Waals surface area contributed by atoms with E-state index in [4.69, 9.17) is 33.3 Å². The van der Waals surface area contributed by atoms with Crippen molar-refractivity contribution in [2.24, 2.45) is 0 Å². The van der Waals surface area contributed by atoms with Gasteiger partial charge in [-0.3, -0.25) is 0 Å². The molecule has 0 heterocycles. The van der Waals surface area contributed by atoms with Crippen LogP contribution in [0.25, 0.3) is 0 Å². The van der Waals surface area contributed by atoms with Crippen LogP contribution in [-0.2, 0) is 11.2 Å². The normalized spacial score (nSPS) is 16.2. The Balaban J connectivity index is 1.37. The molecule has 0 saturated heterocycles. The molecule has 2 aromatic carbocycles. The fourth-order valence-corrected chi connectivity index (χ4v) is 4.47. The summed E-state index contributed by atoms with van der Waals surface area (Å²) in [5, 5.41) is 9.07. The zero-order chi connectivity index (χ0) is 21.7. The van der Waals surface area contributed by atoms with Gasteiger partial charge in [-0.05, 0) is 61.1 Å². The van der Waals surface area contributed by atoms with Crippen molar-refractivity contribution in [3.63, 3.8) is 0 Å². The lowest BCUT2D eigenvalue weighted by molar-refractivity contribution is 0.0498. The van der Waals surface area contributed by atoms with Gasteiger partial charge in [-0.2, -0.15) is 12.6 Å². The molecule has 3 rings (SSSR count). The van der Waals surface area contributed by atoms with E-state index < -0.39 is 5.97 Å². The molecule has 0 radical (unpaired) electrons. The lowest BCUT2D eigenvalue weighted by atomic mass is 9.92. The highest BCUT2D eigenvalue weighted by molar-refractivity contribution is 7.81. The van der Waals surface area contributed by atoms with Crippen molar-refractivity contribution in [2.75, 3.05) is 6.61 Å². The number of rotatable bonds is 9. The second-order valence-corrected chi connectivity index (χ2v) is 8.92. The summed E-state index contributed by atoms with van der Waals surface area (Å²) in [6, 6.07) is 9.77. The van der Waals surface area contributed by atoms with Crippen molar-refractivity contribution in [3.05, 3.63) is 69.0 Å². The summed E-state index contributed by atoms with van der Waals surface area (Å²) in [7, 11) is 0. The van der Waals surface area contributed by atoms with Crippen molar-refractivity contribution in [2.45, 2.75) is 49.7 Å². The summed E-state index contributed by atoms with van der Waals surface area (Å²) in [6.45, 7) is 0.322. The molecule has 0 aliphatic heterocycles. The molecule has 3 nitrogen and oxygen atoms in total. The lowest BCUT2D eigenvalue weighted by Gasteiger charge is -2.19. The molecule has 1 aliphatic rings. The molecule has 1 aliphatic carbocycles. The largest absolute Gasteiger partial charge is 0.462 e. The van der Waals surface area contributed by atoms with Crippen LogP contribution in [0, 0.1) is 11.2 Å². The van der Waals surface area contributed by atoms with E-state index >= 15 is 0 Å². The van der Waals surface area contributed by atoms with E-state index in [9.17, 15) is 9.18 Å². The Bertz CT molecular complexity index is 937. The summed E-state index contributed by atoms with van der Waals surface area (Å²) < 4.78 is 19.2. The first-order valence-electron chi connectivity index (χ1n) is 10.0. The molecule has 0 amide bonds. The third-order valence-corrected chi connectivity index (χ3v) is 6.73.